The van der Waals surface area contributed by atoms with Crippen LogP contribution in [0.5, 0.6) is 0 Å². The molecule has 19 heavy (non-hydrogen) atoms. The van der Waals surface area contributed by atoms with Crippen LogP contribution in [0.4, 0.5) is 5.69 Å². The summed E-state index contributed by atoms with van der Waals surface area (Å²) in [5.41, 5.74) is 2.47. The van der Waals surface area contributed by atoms with E-state index in [0.29, 0.717) is 0 Å². The zero-order chi connectivity index (χ0) is 13.7. The molecule has 0 bridgehead atoms. The van der Waals surface area contributed by atoms with E-state index < -0.39 is 0 Å². The number of anilines is 1. The molecule has 0 aromatic heterocycles. The maximum absolute atomic E-state index is 6.39. The predicted octanol–water partition coefficient (Wildman–Crippen LogP) is 4.08. The van der Waals surface area contributed by atoms with E-state index >= 15 is 0 Å². The minimum absolute atomic E-state index is 0.853. The summed E-state index contributed by atoms with van der Waals surface area (Å²) >= 11 is 6.39. The third-order valence-corrected chi connectivity index (χ3v) is 3.99. The van der Waals surface area contributed by atoms with Gasteiger partial charge in [0, 0.05) is 30.3 Å². The largest absolute Gasteiger partial charge is 0.371 e. The van der Waals surface area contributed by atoms with Gasteiger partial charge < -0.3 is 10.2 Å². The molecule has 1 fully saturated rings. The standard InChI is InChI=1S/C16H25ClN2/c1-3-9-19(12-13-5-6-13)15-8-7-14(11-18-4-2)16(17)10-15/h7-8,10,13,18H,3-6,9,11-12H2,1-2H3. The van der Waals surface area contributed by atoms with E-state index in [1.807, 2.05) is 0 Å². The molecule has 0 amide bonds. The fraction of sp³-hybridized carbons (Fsp3) is 0.625. The van der Waals surface area contributed by atoms with Crippen molar-refractivity contribution < 1.29 is 0 Å². The van der Waals surface area contributed by atoms with Gasteiger partial charge in [0.25, 0.3) is 0 Å². The van der Waals surface area contributed by atoms with Crippen molar-refractivity contribution in [1.82, 2.24) is 5.32 Å². The Hall–Kier alpha value is -0.730. The number of halogens is 1. The van der Waals surface area contributed by atoms with E-state index in [9.17, 15) is 0 Å². The fourth-order valence-electron chi connectivity index (χ4n) is 2.34. The molecular weight excluding hydrogens is 256 g/mol. The second kappa shape index (κ2) is 7.16. The van der Waals surface area contributed by atoms with Crippen LogP contribution in [0, 0.1) is 5.92 Å². The first-order chi connectivity index (χ1) is 9.24. The number of benzene rings is 1. The fourth-order valence-corrected chi connectivity index (χ4v) is 2.59. The van der Waals surface area contributed by atoms with E-state index in [1.165, 1.54) is 37.1 Å². The van der Waals surface area contributed by atoms with Crippen molar-refractivity contribution in [2.24, 2.45) is 5.92 Å². The van der Waals surface area contributed by atoms with E-state index in [0.717, 1.165) is 30.6 Å². The topological polar surface area (TPSA) is 15.3 Å². The first-order valence-corrected chi connectivity index (χ1v) is 7.86. The predicted molar refractivity (Wildman–Crippen MR) is 84.1 cm³/mol. The lowest BCUT2D eigenvalue weighted by molar-refractivity contribution is 0.706. The van der Waals surface area contributed by atoms with Gasteiger partial charge in [0.15, 0.2) is 0 Å². The van der Waals surface area contributed by atoms with Gasteiger partial charge in [-0.2, -0.15) is 0 Å². The van der Waals surface area contributed by atoms with Crippen LogP contribution >= 0.6 is 11.6 Å². The molecule has 0 aliphatic heterocycles. The Bertz CT molecular complexity index is 402. The molecular formula is C16H25ClN2. The highest BCUT2D eigenvalue weighted by molar-refractivity contribution is 6.31. The first-order valence-electron chi connectivity index (χ1n) is 7.48. The summed E-state index contributed by atoms with van der Waals surface area (Å²) in [6, 6.07) is 6.51. The molecule has 1 aromatic carbocycles. The molecule has 1 aliphatic rings. The van der Waals surface area contributed by atoms with Gasteiger partial charge in [0.05, 0.1) is 0 Å². The van der Waals surface area contributed by atoms with Crippen LogP contribution in [-0.4, -0.2) is 19.6 Å². The zero-order valence-corrected chi connectivity index (χ0v) is 12.8. The van der Waals surface area contributed by atoms with Gasteiger partial charge in [0.1, 0.15) is 0 Å². The second-order valence-corrected chi connectivity index (χ2v) is 5.85. The summed E-state index contributed by atoms with van der Waals surface area (Å²) in [4.78, 5) is 2.49. The molecule has 0 spiro atoms. The molecule has 106 valence electrons. The van der Waals surface area contributed by atoms with Gasteiger partial charge in [-0.05, 0) is 49.4 Å². The van der Waals surface area contributed by atoms with E-state index in [1.54, 1.807) is 0 Å². The molecule has 0 atom stereocenters. The van der Waals surface area contributed by atoms with Gasteiger partial charge in [0.2, 0.25) is 0 Å². The van der Waals surface area contributed by atoms with Crippen LogP contribution in [0.1, 0.15) is 38.7 Å². The summed E-state index contributed by atoms with van der Waals surface area (Å²) in [5.74, 6) is 0.909. The molecule has 1 aromatic rings. The van der Waals surface area contributed by atoms with Gasteiger partial charge in [-0.3, -0.25) is 0 Å². The second-order valence-electron chi connectivity index (χ2n) is 5.45. The highest BCUT2D eigenvalue weighted by Gasteiger charge is 2.24. The Kier molecular flexibility index (Phi) is 5.53. The van der Waals surface area contributed by atoms with Crippen molar-refractivity contribution in [3.8, 4) is 0 Å². The average molecular weight is 281 g/mol. The minimum atomic E-state index is 0.853. The SMILES string of the molecule is CCCN(CC1CC1)c1ccc(CNCC)c(Cl)c1. The Labute approximate surface area is 122 Å². The molecule has 0 unspecified atom stereocenters. The summed E-state index contributed by atoms with van der Waals surface area (Å²) < 4.78 is 0. The summed E-state index contributed by atoms with van der Waals surface area (Å²) in [5, 5.41) is 4.21. The number of nitrogens with zero attached hydrogens (tertiary/aromatic N) is 1. The zero-order valence-electron chi connectivity index (χ0n) is 12.1. The Morgan fingerprint density at radius 1 is 1.32 bits per heavy atom. The van der Waals surface area contributed by atoms with Gasteiger partial charge in [-0.25, -0.2) is 0 Å². The third-order valence-electron chi connectivity index (χ3n) is 3.64. The Balaban J connectivity index is 2.06. The van der Waals surface area contributed by atoms with Gasteiger partial charge in [-0.15, -0.1) is 0 Å². The lowest BCUT2D eigenvalue weighted by Gasteiger charge is -2.25. The smallest absolute Gasteiger partial charge is 0.0471 e. The third kappa shape index (κ3) is 4.39. The van der Waals surface area contributed by atoms with Gasteiger partial charge in [-0.1, -0.05) is 31.5 Å². The van der Waals surface area contributed by atoms with Crippen molar-refractivity contribution in [2.45, 2.75) is 39.7 Å². The Morgan fingerprint density at radius 3 is 2.68 bits per heavy atom. The monoisotopic (exact) mass is 280 g/mol. The van der Waals surface area contributed by atoms with Crippen molar-refractivity contribution in [1.29, 1.82) is 0 Å². The van der Waals surface area contributed by atoms with Crippen molar-refractivity contribution in [3.05, 3.63) is 28.8 Å². The molecule has 1 aliphatic carbocycles. The van der Waals surface area contributed by atoms with Crippen LogP contribution in [0.15, 0.2) is 18.2 Å². The van der Waals surface area contributed by atoms with Gasteiger partial charge >= 0.3 is 0 Å². The van der Waals surface area contributed by atoms with E-state index in [2.05, 4.69) is 42.3 Å². The molecule has 3 heteroatoms. The van der Waals surface area contributed by atoms with Crippen molar-refractivity contribution in [3.63, 3.8) is 0 Å². The Morgan fingerprint density at radius 2 is 2.11 bits per heavy atom. The maximum atomic E-state index is 6.39. The maximum Gasteiger partial charge on any atom is 0.0471 e. The normalized spacial score (nSPS) is 14.7. The van der Waals surface area contributed by atoms with Crippen LogP contribution in [0.3, 0.4) is 0 Å². The molecule has 2 nitrogen and oxygen atoms in total. The van der Waals surface area contributed by atoms with Crippen LogP contribution in [-0.2, 0) is 6.54 Å². The van der Waals surface area contributed by atoms with E-state index in [4.69, 9.17) is 11.6 Å². The average Bonchev–Trinajstić information content (AvgIpc) is 3.21. The highest BCUT2D eigenvalue weighted by Crippen LogP contribution is 2.32. The number of hydrogen-bond acceptors (Lipinski definition) is 2. The summed E-state index contributed by atoms with van der Waals surface area (Å²) in [7, 11) is 0. The minimum Gasteiger partial charge on any atom is -0.371 e. The van der Waals surface area contributed by atoms with Crippen LogP contribution in [0.2, 0.25) is 5.02 Å². The molecule has 0 radical (unpaired) electrons. The lowest BCUT2D eigenvalue weighted by Crippen LogP contribution is -2.26. The summed E-state index contributed by atoms with van der Waals surface area (Å²) in [6.45, 7) is 8.49. The lowest BCUT2D eigenvalue weighted by atomic mass is 10.1. The first kappa shape index (κ1) is 14.7. The molecule has 2 rings (SSSR count). The molecule has 0 heterocycles. The van der Waals surface area contributed by atoms with Crippen molar-refractivity contribution >= 4 is 17.3 Å². The number of rotatable bonds is 8. The highest BCUT2D eigenvalue weighted by atomic mass is 35.5. The van der Waals surface area contributed by atoms with Crippen LogP contribution < -0.4 is 10.2 Å². The number of hydrogen-bond donors (Lipinski definition) is 1. The van der Waals surface area contributed by atoms with Crippen molar-refractivity contribution in [2.75, 3.05) is 24.5 Å². The molecule has 1 N–H and O–H groups in total. The quantitative estimate of drug-likeness (QED) is 0.772. The van der Waals surface area contributed by atoms with Crippen LogP contribution in [0.25, 0.3) is 0 Å². The summed E-state index contributed by atoms with van der Waals surface area (Å²) in [6.07, 6.45) is 3.97. The molecule has 1 saturated carbocycles. The number of nitrogens with one attached hydrogen (secondary N) is 1. The van der Waals surface area contributed by atoms with E-state index in [-0.39, 0.29) is 0 Å². The molecule has 0 saturated heterocycles.